The minimum Gasteiger partial charge on any atom is -0.465 e. The van der Waals surface area contributed by atoms with E-state index in [9.17, 15) is 14.4 Å². The summed E-state index contributed by atoms with van der Waals surface area (Å²) in [4.78, 5) is 40.2. The fraction of sp³-hybridized carbons (Fsp3) is 0.286. The molecule has 144 valence electrons. The van der Waals surface area contributed by atoms with Crippen LogP contribution >= 0.6 is 15.9 Å². The predicted octanol–water partition coefficient (Wildman–Crippen LogP) is 2.83. The second-order valence-electron chi connectivity index (χ2n) is 6.82. The van der Waals surface area contributed by atoms with E-state index in [0.29, 0.717) is 5.69 Å². The van der Waals surface area contributed by atoms with Crippen LogP contribution in [-0.4, -0.2) is 30.4 Å². The zero-order chi connectivity index (χ0) is 19.8. The average Bonchev–Trinajstić information content (AvgIpc) is 3.21. The summed E-state index contributed by atoms with van der Waals surface area (Å²) in [6.45, 7) is 1.93. The molecule has 2 aromatic rings. The smallest absolute Gasteiger partial charge is 0.324 e. The number of carbonyl (C=O) groups is 3. The Morgan fingerprint density at radius 1 is 1.04 bits per heavy atom. The Hall–Kier alpha value is -2.51. The number of hydrogen-bond acceptors (Lipinski definition) is 5. The first-order valence-corrected chi connectivity index (χ1v) is 9.93. The van der Waals surface area contributed by atoms with E-state index in [1.165, 1.54) is 4.90 Å². The highest BCUT2D eigenvalue weighted by molar-refractivity contribution is 9.10. The van der Waals surface area contributed by atoms with Crippen LogP contribution in [0.25, 0.3) is 0 Å². The third-order valence-electron chi connectivity index (χ3n) is 5.26. The zero-order valence-electron chi connectivity index (χ0n) is 15.2. The highest BCUT2D eigenvalue weighted by atomic mass is 79.9. The molecule has 4 atom stereocenters. The summed E-state index contributed by atoms with van der Waals surface area (Å²) in [6.07, 6.45) is 0. The molecule has 2 heterocycles. The van der Waals surface area contributed by atoms with Gasteiger partial charge in [0.15, 0.2) is 0 Å². The normalized spacial score (nSPS) is 26.4. The predicted molar refractivity (Wildman–Crippen MR) is 106 cm³/mol. The Bertz CT molecular complexity index is 916. The van der Waals surface area contributed by atoms with Gasteiger partial charge in [0.05, 0.1) is 24.1 Å². The van der Waals surface area contributed by atoms with Crippen LogP contribution in [0.4, 0.5) is 5.69 Å². The second-order valence-corrected chi connectivity index (χ2v) is 7.74. The lowest BCUT2D eigenvalue weighted by molar-refractivity contribution is -0.148. The number of imide groups is 1. The van der Waals surface area contributed by atoms with Gasteiger partial charge in [0.1, 0.15) is 6.04 Å². The molecule has 2 aromatic carbocycles. The van der Waals surface area contributed by atoms with Crippen LogP contribution in [0.2, 0.25) is 0 Å². The van der Waals surface area contributed by atoms with Gasteiger partial charge < -0.3 is 4.74 Å². The first-order chi connectivity index (χ1) is 13.5. The number of nitrogens with one attached hydrogen (secondary N) is 1. The molecule has 0 radical (unpaired) electrons. The van der Waals surface area contributed by atoms with Crippen LogP contribution in [0.15, 0.2) is 59.1 Å². The number of rotatable bonds is 4. The topological polar surface area (TPSA) is 75.7 Å². The summed E-state index contributed by atoms with van der Waals surface area (Å²) in [5, 5.41) is 3.19. The van der Waals surface area contributed by atoms with Gasteiger partial charge in [-0.25, -0.2) is 4.90 Å². The molecule has 2 fully saturated rings. The molecule has 0 aliphatic carbocycles. The van der Waals surface area contributed by atoms with Crippen LogP contribution in [-0.2, 0) is 19.1 Å². The molecule has 0 spiro atoms. The molecule has 0 bridgehead atoms. The standard InChI is InChI=1S/C21H19BrN2O4/c1-2-28-21(27)18-16-15(17(23-18)12-6-4-3-5-7-12)19(25)24(20(16)26)14-10-8-13(22)9-11-14/h3-11,15-18,23H,2H2,1H3/t15-,16+,17+,18-/m1/s1. The number of hydrogen-bond donors (Lipinski definition) is 1. The monoisotopic (exact) mass is 442 g/mol. The Kier molecular flexibility index (Phi) is 5.03. The Morgan fingerprint density at radius 3 is 2.32 bits per heavy atom. The number of carbonyl (C=O) groups excluding carboxylic acids is 3. The van der Waals surface area contributed by atoms with Crippen molar-refractivity contribution in [2.45, 2.75) is 19.0 Å². The third-order valence-corrected chi connectivity index (χ3v) is 5.79. The molecule has 0 aromatic heterocycles. The van der Waals surface area contributed by atoms with Crippen LogP contribution in [0.1, 0.15) is 18.5 Å². The van der Waals surface area contributed by atoms with Crippen LogP contribution in [0.5, 0.6) is 0 Å². The maximum Gasteiger partial charge on any atom is 0.324 e. The minimum atomic E-state index is -0.855. The van der Waals surface area contributed by atoms with Gasteiger partial charge in [0.25, 0.3) is 0 Å². The van der Waals surface area contributed by atoms with Crippen molar-refractivity contribution in [2.75, 3.05) is 11.5 Å². The molecule has 2 saturated heterocycles. The Morgan fingerprint density at radius 2 is 1.68 bits per heavy atom. The van der Waals surface area contributed by atoms with Gasteiger partial charge in [-0.15, -0.1) is 0 Å². The fourth-order valence-electron chi connectivity index (χ4n) is 4.07. The molecule has 6 nitrogen and oxygen atoms in total. The summed E-state index contributed by atoms with van der Waals surface area (Å²) in [7, 11) is 0. The third kappa shape index (κ3) is 3.04. The fourth-order valence-corrected chi connectivity index (χ4v) is 4.33. The first-order valence-electron chi connectivity index (χ1n) is 9.14. The lowest BCUT2D eigenvalue weighted by Crippen LogP contribution is -2.44. The summed E-state index contributed by atoms with van der Waals surface area (Å²) in [5.41, 5.74) is 1.37. The number of halogens is 1. The van der Waals surface area contributed by atoms with Crippen LogP contribution < -0.4 is 10.2 Å². The summed E-state index contributed by atoms with van der Waals surface area (Å²) < 4.78 is 6.02. The number of anilines is 1. The number of ether oxygens (including phenoxy) is 1. The van der Waals surface area contributed by atoms with Crippen LogP contribution in [0, 0.1) is 11.8 Å². The van der Waals surface area contributed by atoms with E-state index in [1.807, 2.05) is 30.3 Å². The molecule has 2 aliphatic rings. The number of fused-ring (bicyclic) bond motifs is 1. The number of benzene rings is 2. The van der Waals surface area contributed by atoms with Gasteiger partial charge in [0, 0.05) is 10.5 Å². The lowest BCUT2D eigenvalue weighted by Gasteiger charge is -2.22. The summed E-state index contributed by atoms with van der Waals surface area (Å²) >= 11 is 3.36. The van der Waals surface area contributed by atoms with Crippen molar-refractivity contribution >= 4 is 39.4 Å². The van der Waals surface area contributed by atoms with Crippen molar-refractivity contribution in [2.24, 2.45) is 11.8 Å². The molecule has 0 saturated carbocycles. The summed E-state index contributed by atoms with van der Waals surface area (Å²) in [5.74, 6) is -2.63. The molecule has 2 amide bonds. The van der Waals surface area contributed by atoms with Gasteiger partial charge in [0.2, 0.25) is 11.8 Å². The van der Waals surface area contributed by atoms with E-state index < -0.39 is 29.9 Å². The van der Waals surface area contributed by atoms with Crippen molar-refractivity contribution < 1.29 is 19.1 Å². The van der Waals surface area contributed by atoms with E-state index in [0.717, 1.165) is 10.0 Å². The second kappa shape index (κ2) is 7.48. The van der Waals surface area contributed by atoms with Crippen molar-refractivity contribution in [3.8, 4) is 0 Å². The SMILES string of the molecule is CCOC(=O)[C@@H]1N[C@@H](c2ccccc2)[C@@H]2C(=O)N(c3ccc(Br)cc3)C(=O)[C@@H]21. The molecule has 0 unspecified atom stereocenters. The molecule has 28 heavy (non-hydrogen) atoms. The lowest BCUT2D eigenvalue weighted by atomic mass is 9.86. The molecule has 7 heteroatoms. The molecule has 4 rings (SSSR count). The number of nitrogens with zero attached hydrogens (tertiary/aromatic N) is 1. The molecular weight excluding hydrogens is 424 g/mol. The van der Waals surface area contributed by atoms with Gasteiger partial charge >= 0.3 is 5.97 Å². The number of esters is 1. The van der Waals surface area contributed by atoms with Crippen molar-refractivity contribution in [3.63, 3.8) is 0 Å². The Balaban J connectivity index is 1.75. The largest absolute Gasteiger partial charge is 0.465 e. The minimum absolute atomic E-state index is 0.211. The van der Waals surface area contributed by atoms with Crippen molar-refractivity contribution in [3.05, 3.63) is 64.6 Å². The highest BCUT2D eigenvalue weighted by Crippen LogP contribution is 2.45. The molecule has 2 aliphatic heterocycles. The molecular formula is C21H19BrN2O4. The van der Waals surface area contributed by atoms with E-state index in [2.05, 4.69) is 21.2 Å². The van der Waals surface area contributed by atoms with E-state index >= 15 is 0 Å². The van der Waals surface area contributed by atoms with Gasteiger partial charge in [-0.3, -0.25) is 19.7 Å². The van der Waals surface area contributed by atoms with Gasteiger partial charge in [-0.1, -0.05) is 46.3 Å². The Labute approximate surface area is 171 Å². The number of amides is 2. The van der Waals surface area contributed by atoms with Gasteiger partial charge in [-0.05, 0) is 36.8 Å². The average molecular weight is 443 g/mol. The maximum absolute atomic E-state index is 13.3. The quantitative estimate of drug-likeness (QED) is 0.581. The highest BCUT2D eigenvalue weighted by Gasteiger charge is 2.61. The van der Waals surface area contributed by atoms with E-state index in [1.54, 1.807) is 31.2 Å². The molecule has 1 N–H and O–H groups in total. The van der Waals surface area contributed by atoms with E-state index in [4.69, 9.17) is 4.74 Å². The van der Waals surface area contributed by atoms with Crippen molar-refractivity contribution in [1.29, 1.82) is 0 Å². The summed E-state index contributed by atoms with van der Waals surface area (Å²) in [6, 6.07) is 15.1. The van der Waals surface area contributed by atoms with Gasteiger partial charge in [-0.2, -0.15) is 0 Å². The first kappa shape index (κ1) is 18.8. The zero-order valence-corrected chi connectivity index (χ0v) is 16.8. The van der Waals surface area contributed by atoms with E-state index in [-0.39, 0.29) is 18.4 Å². The maximum atomic E-state index is 13.3. The van der Waals surface area contributed by atoms with Crippen molar-refractivity contribution in [1.82, 2.24) is 5.32 Å². The van der Waals surface area contributed by atoms with Crippen LogP contribution in [0.3, 0.4) is 0 Å².